The molecule has 3 nitrogen and oxygen atoms in total. The van der Waals surface area contributed by atoms with Gasteiger partial charge in [-0.15, -0.1) is 23.5 Å². The van der Waals surface area contributed by atoms with E-state index in [1.165, 1.54) is 36.3 Å². The van der Waals surface area contributed by atoms with E-state index in [-0.39, 0.29) is 5.91 Å². The molecule has 1 aromatic carbocycles. The highest BCUT2D eigenvalue weighted by atomic mass is 32.2. The van der Waals surface area contributed by atoms with E-state index in [9.17, 15) is 4.79 Å². The summed E-state index contributed by atoms with van der Waals surface area (Å²) in [7, 11) is 0. The van der Waals surface area contributed by atoms with E-state index in [1.54, 1.807) is 0 Å². The highest BCUT2D eigenvalue weighted by Crippen LogP contribution is 2.43. The Morgan fingerprint density at radius 1 is 1.17 bits per heavy atom. The SMILES string of the molecule is O=C(NCCC1CCCNC1)c1ccc(C2SCCCS2)cc1. The summed E-state index contributed by atoms with van der Waals surface area (Å²) in [6.07, 6.45) is 4.93. The first-order valence-electron chi connectivity index (χ1n) is 8.65. The van der Waals surface area contributed by atoms with Crippen molar-refractivity contribution in [3.63, 3.8) is 0 Å². The van der Waals surface area contributed by atoms with Crippen molar-refractivity contribution in [2.75, 3.05) is 31.1 Å². The zero-order chi connectivity index (χ0) is 15.9. The summed E-state index contributed by atoms with van der Waals surface area (Å²) in [5.74, 6) is 3.27. The molecule has 0 spiro atoms. The van der Waals surface area contributed by atoms with Gasteiger partial charge in [0.1, 0.15) is 0 Å². The van der Waals surface area contributed by atoms with Crippen LogP contribution in [-0.2, 0) is 0 Å². The van der Waals surface area contributed by atoms with Crippen LogP contribution in [0.3, 0.4) is 0 Å². The van der Waals surface area contributed by atoms with Gasteiger partial charge in [-0.25, -0.2) is 0 Å². The first-order valence-corrected chi connectivity index (χ1v) is 10.7. The average Bonchev–Trinajstić information content (AvgIpc) is 2.63. The van der Waals surface area contributed by atoms with Crippen molar-refractivity contribution in [3.8, 4) is 0 Å². The van der Waals surface area contributed by atoms with Gasteiger partial charge in [-0.05, 0) is 73.9 Å². The van der Waals surface area contributed by atoms with Gasteiger partial charge in [-0.2, -0.15) is 0 Å². The lowest BCUT2D eigenvalue weighted by molar-refractivity contribution is 0.0950. The van der Waals surface area contributed by atoms with Crippen LogP contribution in [0.25, 0.3) is 0 Å². The standard InChI is InChI=1S/C18H26N2OS2/c21-17(20-10-8-14-3-1-9-19-13-14)15-4-6-16(7-5-15)18-22-11-2-12-23-18/h4-7,14,18-19H,1-3,8-13H2,(H,20,21). The number of carbonyl (C=O) groups excluding carboxylic acids is 1. The minimum atomic E-state index is 0.0595. The summed E-state index contributed by atoms with van der Waals surface area (Å²) < 4.78 is 0.541. The Morgan fingerprint density at radius 2 is 1.96 bits per heavy atom. The Labute approximate surface area is 147 Å². The monoisotopic (exact) mass is 350 g/mol. The topological polar surface area (TPSA) is 41.1 Å². The van der Waals surface area contributed by atoms with Crippen molar-refractivity contribution >= 4 is 29.4 Å². The molecule has 1 atom stereocenters. The lowest BCUT2D eigenvalue weighted by Gasteiger charge is -2.22. The molecule has 5 heteroatoms. The van der Waals surface area contributed by atoms with Crippen LogP contribution in [0.2, 0.25) is 0 Å². The fourth-order valence-corrected chi connectivity index (χ4v) is 6.03. The fourth-order valence-electron chi connectivity index (χ4n) is 3.13. The molecule has 2 aliphatic rings. The number of amides is 1. The fraction of sp³-hybridized carbons (Fsp3) is 0.611. The molecular weight excluding hydrogens is 324 g/mol. The van der Waals surface area contributed by atoms with Crippen LogP contribution in [0.15, 0.2) is 24.3 Å². The summed E-state index contributed by atoms with van der Waals surface area (Å²) in [5, 5.41) is 6.49. The van der Waals surface area contributed by atoms with E-state index in [0.717, 1.165) is 31.6 Å². The molecular formula is C18H26N2OS2. The summed E-state index contributed by atoms with van der Waals surface area (Å²) in [5.41, 5.74) is 2.12. The van der Waals surface area contributed by atoms with Gasteiger partial charge in [0.05, 0.1) is 4.58 Å². The Morgan fingerprint density at radius 3 is 2.65 bits per heavy atom. The van der Waals surface area contributed by atoms with Crippen LogP contribution >= 0.6 is 23.5 Å². The number of rotatable bonds is 5. The number of piperidine rings is 1. The number of hydrogen-bond acceptors (Lipinski definition) is 4. The molecule has 3 rings (SSSR count). The van der Waals surface area contributed by atoms with Gasteiger partial charge in [0, 0.05) is 12.1 Å². The van der Waals surface area contributed by atoms with Gasteiger partial charge in [0.2, 0.25) is 0 Å². The minimum absolute atomic E-state index is 0.0595. The van der Waals surface area contributed by atoms with Crippen LogP contribution in [0.1, 0.15) is 46.2 Å². The average molecular weight is 351 g/mol. The second-order valence-corrected chi connectivity index (χ2v) is 9.03. The molecule has 126 valence electrons. The van der Waals surface area contributed by atoms with E-state index in [4.69, 9.17) is 0 Å². The second kappa shape index (κ2) is 9.00. The molecule has 23 heavy (non-hydrogen) atoms. The van der Waals surface area contributed by atoms with Crippen LogP contribution < -0.4 is 10.6 Å². The maximum absolute atomic E-state index is 12.2. The number of thioether (sulfide) groups is 2. The van der Waals surface area contributed by atoms with Crippen molar-refractivity contribution in [3.05, 3.63) is 35.4 Å². The Bertz CT molecular complexity index is 494. The van der Waals surface area contributed by atoms with Crippen LogP contribution in [-0.4, -0.2) is 37.0 Å². The van der Waals surface area contributed by atoms with Gasteiger partial charge in [0.15, 0.2) is 0 Å². The van der Waals surface area contributed by atoms with E-state index < -0.39 is 0 Å². The molecule has 1 unspecified atom stereocenters. The van der Waals surface area contributed by atoms with Gasteiger partial charge in [0.25, 0.3) is 5.91 Å². The number of hydrogen-bond donors (Lipinski definition) is 2. The van der Waals surface area contributed by atoms with E-state index in [2.05, 4.69) is 22.8 Å². The van der Waals surface area contributed by atoms with Gasteiger partial charge < -0.3 is 10.6 Å². The molecule has 2 saturated heterocycles. The first-order chi connectivity index (χ1) is 11.3. The molecule has 0 aliphatic carbocycles. The number of nitrogens with one attached hydrogen (secondary N) is 2. The molecule has 1 aromatic rings. The van der Waals surface area contributed by atoms with Crippen molar-refractivity contribution < 1.29 is 4.79 Å². The minimum Gasteiger partial charge on any atom is -0.352 e. The molecule has 2 N–H and O–H groups in total. The number of benzene rings is 1. The summed E-state index contributed by atoms with van der Waals surface area (Å²) in [6, 6.07) is 8.19. The predicted molar refractivity (Wildman–Crippen MR) is 101 cm³/mol. The van der Waals surface area contributed by atoms with Crippen LogP contribution in [0.4, 0.5) is 0 Å². The second-order valence-electron chi connectivity index (χ2n) is 6.31. The molecule has 1 amide bonds. The summed E-state index contributed by atoms with van der Waals surface area (Å²) >= 11 is 4.03. The summed E-state index contributed by atoms with van der Waals surface area (Å²) in [4.78, 5) is 12.2. The molecule has 0 aromatic heterocycles. The van der Waals surface area contributed by atoms with Crippen molar-refractivity contribution in [2.45, 2.75) is 30.3 Å². The lowest BCUT2D eigenvalue weighted by Crippen LogP contribution is -2.33. The molecule has 2 heterocycles. The third-order valence-corrected chi connectivity index (χ3v) is 7.52. The molecule has 2 fully saturated rings. The largest absolute Gasteiger partial charge is 0.352 e. The van der Waals surface area contributed by atoms with Crippen LogP contribution in [0, 0.1) is 5.92 Å². The molecule has 0 saturated carbocycles. The zero-order valence-electron chi connectivity index (χ0n) is 13.6. The van der Waals surface area contributed by atoms with E-state index in [0.29, 0.717) is 10.5 Å². The molecule has 2 aliphatic heterocycles. The highest BCUT2D eigenvalue weighted by molar-refractivity contribution is 8.16. The summed E-state index contributed by atoms with van der Waals surface area (Å²) in [6.45, 7) is 3.02. The van der Waals surface area contributed by atoms with Gasteiger partial charge in [-0.3, -0.25) is 4.79 Å². The smallest absolute Gasteiger partial charge is 0.251 e. The first kappa shape index (κ1) is 17.2. The zero-order valence-corrected chi connectivity index (χ0v) is 15.2. The van der Waals surface area contributed by atoms with Gasteiger partial charge in [-0.1, -0.05) is 12.1 Å². The van der Waals surface area contributed by atoms with Crippen molar-refractivity contribution in [1.29, 1.82) is 0 Å². The Kier molecular flexibility index (Phi) is 6.72. The van der Waals surface area contributed by atoms with E-state index in [1.807, 2.05) is 35.7 Å². The maximum Gasteiger partial charge on any atom is 0.251 e. The Balaban J connectivity index is 1.45. The molecule has 0 bridgehead atoms. The van der Waals surface area contributed by atoms with Gasteiger partial charge >= 0.3 is 0 Å². The number of carbonyl (C=O) groups is 1. The van der Waals surface area contributed by atoms with Crippen molar-refractivity contribution in [2.24, 2.45) is 5.92 Å². The molecule has 0 radical (unpaired) electrons. The lowest BCUT2D eigenvalue weighted by atomic mass is 9.96. The predicted octanol–water partition coefficient (Wildman–Crippen LogP) is 3.67. The van der Waals surface area contributed by atoms with E-state index >= 15 is 0 Å². The maximum atomic E-state index is 12.2. The Hall–Kier alpha value is -0.650. The third-order valence-electron chi connectivity index (χ3n) is 4.51. The third kappa shape index (κ3) is 5.16. The highest BCUT2D eigenvalue weighted by Gasteiger charge is 2.17. The normalized spacial score (nSPS) is 22.7. The quantitative estimate of drug-likeness (QED) is 0.850. The van der Waals surface area contributed by atoms with Crippen LogP contribution in [0.5, 0.6) is 0 Å². The van der Waals surface area contributed by atoms with Crippen molar-refractivity contribution in [1.82, 2.24) is 10.6 Å².